The van der Waals surface area contributed by atoms with Crippen molar-refractivity contribution in [3.8, 4) is 11.4 Å². The number of benzene rings is 1. The smallest absolute Gasteiger partial charge is 0.429 e. The first-order valence-corrected chi connectivity index (χ1v) is 6.99. The number of fused-ring (bicyclic) bond motifs is 1. The van der Waals surface area contributed by atoms with Gasteiger partial charge in [0.2, 0.25) is 6.10 Å². The van der Waals surface area contributed by atoms with Crippen molar-refractivity contribution in [1.29, 1.82) is 0 Å². The van der Waals surface area contributed by atoms with Gasteiger partial charge in [0.25, 0.3) is 5.91 Å². The summed E-state index contributed by atoms with van der Waals surface area (Å²) >= 11 is 0. The molecule has 0 spiro atoms. The molecule has 2 heterocycles. The number of carbonyl (C=O) groups is 1. The number of alkyl halides is 3. The minimum Gasteiger partial charge on any atom is -0.473 e. The van der Waals surface area contributed by atoms with E-state index in [4.69, 9.17) is 16.2 Å². The summed E-state index contributed by atoms with van der Waals surface area (Å²) < 4.78 is 46.7. The largest absolute Gasteiger partial charge is 0.473 e. The highest BCUT2D eigenvalue weighted by Crippen LogP contribution is 2.40. The van der Waals surface area contributed by atoms with Crippen LogP contribution < -0.4 is 16.2 Å². The zero-order chi connectivity index (χ0) is 18.2. The zero-order valence-electron chi connectivity index (χ0n) is 12.6. The summed E-state index contributed by atoms with van der Waals surface area (Å²) in [6, 6.07) is 6.28. The molecule has 130 valence electrons. The Labute approximate surface area is 139 Å². The average molecular weight is 351 g/mol. The number of para-hydroxylation sites is 1. The van der Waals surface area contributed by atoms with Crippen LogP contribution in [0.2, 0.25) is 0 Å². The van der Waals surface area contributed by atoms with E-state index in [0.717, 1.165) is 6.08 Å². The molecule has 4 N–H and O–H groups in total. The first-order chi connectivity index (χ1) is 11.8. The highest BCUT2D eigenvalue weighted by molar-refractivity contribution is 6.05. The lowest BCUT2D eigenvalue weighted by atomic mass is 10.00. The number of hydrogen-bond acceptors (Lipinski definition) is 3. The Morgan fingerprint density at radius 3 is 2.64 bits per heavy atom. The van der Waals surface area contributed by atoms with Gasteiger partial charge in [-0.15, -0.1) is 0 Å². The number of rotatable bonds is 2. The van der Waals surface area contributed by atoms with E-state index >= 15 is 0 Å². The summed E-state index contributed by atoms with van der Waals surface area (Å²) in [6.07, 6.45) is -3.22. The van der Waals surface area contributed by atoms with Crippen LogP contribution in [-0.4, -0.2) is 33.9 Å². The molecular weight excluding hydrogens is 339 g/mol. The lowest BCUT2D eigenvalue weighted by Crippen LogP contribution is -2.41. The number of halogens is 3. The second-order valence-corrected chi connectivity index (χ2v) is 5.13. The number of ether oxygens (including phenoxy) is 1. The first kappa shape index (κ1) is 16.6. The fourth-order valence-corrected chi connectivity index (χ4v) is 2.40. The number of hydrogen-bond donors (Lipinski definition) is 2. The van der Waals surface area contributed by atoms with Gasteiger partial charge in [0.05, 0.1) is 5.57 Å². The van der Waals surface area contributed by atoms with Crippen LogP contribution in [0, 0.1) is 0 Å². The molecule has 1 aromatic carbocycles. The van der Waals surface area contributed by atoms with Crippen LogP contribution in [0.15, 0.2) is 47.2 Å². The Bertz CT molecular complexity index is 868. The second kappa shape index (κ2) is 5.96. The van der Waals surface area contributed by atoms with Gasteiger partial charge in [0.1, 0.15) is 5.69 Å². The van der Waals surface area contributed by atoms with Crippen molar-refractivity contribution in [2.45, 2.75) is 12.3 Å². The second-order valence-electron chi connectivity index (χ2n) is 5.13. The van der Waals surface area contributed by atoms with E-state index in [9.17, 15) is 18.0 Å². The van der Waals surface area contributed by atoms with E-state index in [1.54, 1.807) is 24.4 Å². The highest BCUT2D eigenvalue weighted by atomic mass is 19.4. The van der Waals surface area contributed by atoms with Crippen molar-refractivity contribution in [3.63, 3.8) is 0 Å². The van der Waals surface area contributed by atoms with E-state index in [2.05, 4.69) is 10.1 Å². The van der Waals surface area contributed by atoms with Gasteiger partial charge in [-0.25, -0.2) is 4.68 Å². The fraction of sp³-hybridized carbons (Fsp3) is 0.133. The van der Waals surface area contributed by atoms with Gasteiger partial charge in [-0.2, -0.15) is 23.3 Å². The van der Waals surface area contributed by atoms with Crippen LogP contribution >= 0.6 is 0 Å². The van der Waals surface area contributed by atoms with Gasteiger partial charge < -0.3 is 16.2 Å². The van der Waals surface area contributed by atoms with Crippen LogP contribution in [-0.2, 0) is 4.79 Å². The molecule has 0 saturated heterocycles. The van der Waals surface area contributed by atoms with Crippen molar-refractivity contribution in [1.82, 2.24) is 9.78 Å². The topological polar surface area (TPSA) is 109 Å². The van der Waals surface area contributed by atoms with Gasteiger partial charge in [-0.3, -0.25) is 4.79 Å². The summed E-state index contributed by atoms with van der Waals surface area (Å²) in [5, 5.41) is 3.99. The molecule has 0 aliphatic carbocycles. The molecule has 10 heteroatoms. The van der Waals surface area contributed by atoms with Crippen LogP contribution in [0.3, 0.4) is 0 Å². The summed E-state index contributed by atoms with van der Waals surface area (Å²) in [6.45, 7) is 0. The van der Waals surface area contributed by atoms with Crippen molar-refractivity contribution < 1.29 is 22.7 Å². The first-order valence-electron chi connectivity index (χ1n) is 6.99. The molecule has 0 radical (unpaired) electrons. The maximum Gasteiger partial charge on any atom is 0.429 e. The molecular formula is C15H12F3N5O2. The highest BCUT2D eigenvalue weighted by Gasteiger charge is 2.48. The number of nitrogens with two attached hydrogens (primary N) is 2. The Morgan fingerprint density at radius 1 is 1.28 bits per heavy atom. The van der Waals surface area contributed by atoms with Crippen molar-refractivity contribution in [3.05, 3.63) is 47.8 Å². The van der Waals surface area contributed by atoms with E-state index < -0.39 is 29.7 Å². The van der Waals surface area contributed by atoms with Gasteiger partial charge in [0.15, 0.2) is 11.7 Å². The molecule has 0 fully saturated rings. The summed E-state index contributed by atoms with van der Waals surface area (Å²) in [4.78, 5) is 15.2. The number of aromatic nitrogens is 2. The monoisotopic (exact) mass is 351 g/mol. The maximum atomic E-state index is 13.4. The number of aliphatic imine (C=N–C) groups is 1. The van der Waals surface area contributed by atoms with E-state index in [1.165, 1.54) is 16.9 Å². The standard InChI is InChI=1S/C15H12F3N5O2/c16-15(17,18)12-9(13(24)22-14(19)20)7-8-3-1-4-10(11(8)25-12)23-6-2-5-21-23/h1-7,12H,(H4,19,20,22,24). The zero-order valence-corrected chi connectivity index (χ0v) is 12.6. The molecule has 2 aromatic rings. The van der Waals surface area contributed by atoms with Crippen molar-refractivity contribution >= 4 is 17.9 Å². The third kappa shape index (κ3) is 3.18. The fourth-order valence-electron chi connectivity index (χ4n) is 2.40. The molecule has 1 aliphatic heterocycles. The SMILES string of the molecule is NC(N)=NC(=O)C1=Cc2cccc(-n3cccn3)c2OC1C(F)(F)F. The quantitative estimate of drug-likeness (QED) is 0.628. The Balaban J connectivity index is 2.16. The number of amides is 1. The van der Waals surface area contributed by atoms with Gasteiger partial charge in [-0.05, 0) is 18.2 Å². The molecule has 0 saturated carbocycles. The van der Waals surface area contributed by atoms with E-state index in [1.807, 2.05) is 0 Å². The molecule has 3 rings (SSSR count). The lowest BCUT2D eigenvalue weighted by Gasteiger charge is -2.28. The predicted molar refractivity (Wildman–Crippen MR) is 82.8 cm³/mol. The number of nitrogens with zero attached hydrogens (tertiary/aromatic N) is 3. The molecule has 1 atom stereocenters. The van der Waals surface area contributed by atoms with Crippen LogP contribution in [0.5, 0.6) is 5.75 Å². The molecule has 25 heavy (non-hydrogen) atoms. The third-order valence-electron chi connectivity index (χ3n) is 3.38. The van der Waals surface area contributed by atoms with Crippen molar-refractivity contribution in [2.75, 3.05) is 0 Å². The predicted octanol–water partition coefficient (Wildman–Crippen LogP) is 1.38. The Hall–Kier alpha value is -3.30. The molecule has 7 nitrogen and oxygen atoms in total. The van der Waals surface area contributed by atoms with Gasteiger partial charge in [-0.1, -0.05) is 12.1 Å². The normalized spacial score (nSPS) is 16.4. The molecule has 1 amide bonds. The molecule has 1 aromatic heterocycles. The van der Waals surface area contributed by atoms with E-state index in [-0.39, 0.29) is 11.3 Å². The lowest BCUT2D eigenvalue weighted by molar-refractivity contribution is -0.185. The average Bonchev–Trinajstić information content (AvgIpc) is 3.05. The summed E-state index contributed by atoms with van der Waals surface area (Å²) in [5.74, 6) is -1.89. The van der Waals surface area contributed by atoms with Crippen LogP contribution in [0.1, 0.15) is 5.56 Å². The van der Waals surface area contributed by atoms with Gasteiger partial charge >= 0.3 is 6.18 Å². The minimum atomic E-state index is -4.84. The van der Waals surface area contributed by atoms with Gasteiger partial charge in [0, 0.05) is 18.0 Å². The van der Waals surface area contributed by atoms with E-state index in [0.29, 0.717) is 5.69 Å². The minimum absolute atomic E-state index is 0.0465. The molecule has 1 aliphatic rings. The number of guanidine groups is 1. The maximum absolute atomic E-state index is 13.4. The van der Waals surface area contributed by atoms with Crippen molar-refractivity contribution in [2.24, 2.45) is 16.5 Å². The summed E-state index contributed by atoms with van der Waals surface area (Å²) in [7, 11) is 0. The molecule has 0 bridgehead atoms. The number of carbonyl (C=O) groups excluding carboxylic acids is 1. The Morgan fingerprint density at radius 2 is 2.04 bits per heavy atom. The Kier molecular flexibility index (Phi) is 3.95. The van der Waals surface area contributed by atoms with Crippen LogP contribution in [0.4, 0.5) is 13.2 Å². The summed E-state index contributed by atoms with van der Waals surface area (Å²) in [5.41, 5.74) is 10.1. The third-order valence-corrected chi connectivity index (χ3v) is 3.38. The molecule has 1 unspecified atom stereocenters. The van der Waals surface area contributed by atoms with Crippen LogP contribution in [0.25, 0.3) is 11.8 Å².